The van der Waals surface area contributed by atoms with Gasteiger partial charge in [0.1, 0.15) is 5.60 Å². The lowest BCUT2D eigenvalue weighted by atomic mass is 9.96. The molecule has 3 aromatic rings. The predicted octanol–water partition coefficient (Wildman–Crippen LogP) is 3.99. The molecule has 0 unspecified atom stereocenters. The summed E-state index contributed by atoms with van der Waals surface area (Å²) in [6.07, 6.45) is 0.831. The van der Waals surface area contributed by atoms with Crippen molar-refractivity contribution in [3.05, 3.63) is 72.8 Å². The van der Waals surface area contributed by atoms with Crippen LogP contribution >= 0.6 is 11.6 Å². The van der Waals surface area contributed by atoms with E-state index in [0.717, 1.165) is 11.1 Å². The van der Waals surface area contributed by atoms with Crippen LogP contribution in [-0.2, 0) is 38.4 Å². The Balaban J connectivity index is 1.54. The number of esters is 1. The highest BCUT2D eigenvalue weighted by atomic mass is 35.5. The van der Waals surface area contributed by atoms with Gasteiger partial charge in [0, 0.05) is 36.1 Å². The van der Waals surface area contributed by atoms with Crippen LogP contribution in [0.15, 0.2) is 39.9 Å². The molecule has 0 bridgehead atoms. The Hall–Kier alpha value is -4.12. The SMILES string of the molecule is COC(=O)CCc1cc(CNC(=O)OC(C)(C)C)ccc1NC(=O)C[C@@H]1CCc2cc(Cl)cc3[nH]c(=O)c(=O)n1c23. The number of nitrogens with one attached hydrogen (secondary N) is 3. The zero-order chi connectivity index (χ0) is 29.9. The largest absolute Gasteiger partial charge is 0.469 e. The number of H-pyrrole nitrogens is 1. The van der Waals surface area contributed by atoms with E-state index in [1.807, 2.05) is 0 Å². The molecule has 0 fully saturated rings. The smallest absolute Gasteiger partial charge is 0.407 e. The van der Waals surface area contributed by atoms with Crippen LogP contribution in [0.5, 0.6) is 0 Å². The molecule has 0 aliphatic carbocycles. The lowest BCUT2D eigenvalue weighted by molar-refractivity contribution is -0.140. The Kier molecular flexibility index (Phi) is 8.86. The number of carbonyl (C=O) groups excluding carboxylic acids is 3. The minimum absolute atomic E-state index is 0.0427. The second-order valence-electron chi connectivity index (χ2n) is 11.0. The summed E-state index contributed by atoms with van der Waals surface area (Å²) in [5.74, 6) is -0.759. The summed E-state index contributed by atoms with van der Waals surface area (Å²) >= 11 is 6.19. The zero-order valence-electron chi connectivity index (χ0n) is 23.4. The molecule has 2 aromatic carbocycles. The topological polar surface area (TPSA) is 149 Å². The zero-order valence-corrected chi connectivity index (χ0v) is 24.1. The van der Waals surface area contributed by atoms with Crippen LogP contribution in [0.25, 0.3) is 11.0 Å². The van der Waals surface area contributed by atoms with Crippen molar-refractivity contribution in [3.8, 4) is 0 Å². The molecule has 218 valence electrons. The normalized spacial score (nSPS) is 14.4. The molecule has 0 saturated heterocycles. The number of aromatic amines is 1. The van der Waals surface area contributed by atoms with Crippen LogP contribution in [0.3, 0.4) is 0 Å². The second kappa shape index (κ2) is 12.2. The second-order valence-corrected chi connectivity index (χ2v) is 11.4. The number of rotatable bonds is 8. The van der Waals surface area contributed by atoms with Crippen molar-refractivity contribution in [1.29, 1.82) is 0 Å². The third-order valence-electron chi connectivity index (χ3n) is 6.69. The van der Waals surface area contributed by atoms with E-state index < -0.39 is 34.8 Å². The van der Waals surface area contributed by atoms with Gasteiger partial charge in [-0.15, -0.1) is 0 Å². The van der Waals surface area contributed by atoms with Gasteiger partial charge >= 0.3 is 23.2 Å². The third-order valence-corrected chi connectivity index (χ3v) is 6.91. The first-order chi connectivity index (χ1) is 19.3. The molecule has 11 nitrogen and oxygen atoms in total. The number of halogens is 1. The first-order valence-electron chi connectivity index (χ1n) is 13.3. The molecule has 12 heteroatoms. The Morgan fingerprint density at radius 1 is 1.15 bits per heavy atom. The molecule has 1 aromatic heterocycles. The van der Waals surface area contributed by atoms with Crippen molar-refractivity contribution in [3.63, 3.8) is 0 Å². The fourth-order valence-corrected chi connectivity index (χ4v) is 5.17. The van der Waals surface area contributed by atoms with Crippen molar-refractivity contribution in [2.24, 2.45) is 0 Å². The standard InChI is InChI=1S/C29H33ClN4O7/c1-29(2,3)41-28(39)31-15-16-5-9-21(17(11-16)7-10-24(36)40-4)32-23(35)14-20-8-6-18-12-19(30)13-22-25(18)34(20)27(38)26(37)33-22/h5,9,11-13,20H,6-8,10,14-15H2,1-4H3,(H,31,39)(H,32,35)(H,33,37)/t20-/m0/s1. The molecule has 0 spiro atoms. The highest BCUT2D eigenvalue weighted by Gasteiger charge is 2.27. The molecule has 1 atom stereocenters. The van der Waals surface area contributed by atoms with E-state index in [1.54, 1.807) is 51.1 Å². The quantitative estimate of drug-likeness (QED) is 0.268. The number of hydrogen-bond donors (Lipinski definition) is 3. The molecular formula is C29H33ClN4O7. The Labute approximate surface area is 241 Å². The molecule has 4 rings (SSSR count). The van der Waals surface area contributed by atoms with Gasteiger partial charge in [0.05, 0.1) is 18.1 Å². The molecule has 0 radical (unpaired) electrons. The van der Waals surface area contributed by atoms with Gasteiger partial charge in [-0.05, 0) is 74.9 Å². The molecule has 2 amide bonds. The molecule has 1 aliphatic rings. The van der Waals surface area contributed by atoms with Crippen molar-refractivity contribution < 1.29 is 23.9 Å². The summed E-state index contributed by atoms with van der Waals surface area (Å²) in [6, 6.07) is 8.07. The van der Waals surface area contributed by atoms with Gasteiger partial charge < -0.3 is 25.1 Å². The van der Waals surface area contributed by atoms with Crippen molar-refractivity contribution in [2.45, 2.75) is 71.1 Å². The number of aryl methyl sites for hydroxylation is 2. The number of aromatic nitrogens is 2. The average molecular weight is 585 g/mol. The van der Waals surface area contributed by atoms with Gasteiger partial charge in [-0.2, -0.15) is 0 Å². The van der Waals surface area contributed by atoms with Crippen LogP contribution in [0.2, 0.25) is 5.02 Å². The summed E-state index contributed by atoms with van der Waals surface area (Å²) in [7, 11) is 1.30. The summed E-state index contributed by atoms with van der Waals surface area (Å²) in [6.45, 7) is 5.49. The first-order valence-corrected chi connectivity index (χ1v) is 13.6. The van der Waals surface area contributed by atoms with Crippen LogP contribution < -0.4 is 21.8 Å². The lowest BCUT2D eigenvalue weighted by Gasteiger charge is -2.27. The molecule has 0 saturated carbocycles. The maximum Gasteiger partial charge on any atom is 0.407 e. The van der Waals surface area contributed by atoms with Gasteiger partial charge in [0.25, 0.3) is 0 Å². The maximum atomic E-state index is 13.2. The first kappa shape index (κ1) is 29.9. The number of anilines is 1. The van der Waals surface area contributed by atoms with Gasteiger partial charge in [-0.25, -0.2) is 4.79 Å². The number of benzene rings is 2. The number of carbonyl (C=O) groups is 3. The Morgan fingerprint density at radius 2 is 1.90 bits per heavy atom. The summed E-state index contributed by atoms with van der Waals surface area (Å²) in [5, 5.41) is 6.04. The third kappa shape index (κ3) is 7.35. The predicted molar refractivity (Wildman–Crippen MR) is 154 cm³/mol. The molecule has 41 heavy (non-hydrogen) atoms. The van der Waals surface area contributed by atoms with Crippen LogP contribution in [-0.4, -0.2) is 40.2 Å². The Bertz CT molecular complexity index is 1620. The number of nitrogens with zero attached hydrogens (tertiary/aromatic N) is 1. The molecular weight excluding hydrogens is 552 g/mol. The number of ether oxygens (including phenoxy) is 2. The molecule has 3 N–H and O–H groups in total. The minimum Gasteiger partial charge on any atom is -0.469 e. The summed E-state index contributed by atoms with van der Waals surface area (Å²) < 4.78 is 11.4. The molecule has 2 heterocycles. The van der Waals surface area contributed by atoms with E-state index in [4.69, 9.17) is 21.1 Å². The lowest BCUT2D eigenvalue weighted by Crippen LogP contribution is -2.41. The van der Waals surface area contributed by atoms with E-state index >= 15 is 0 Å². The van der Waals surface area contributed by atoms with Crippen LogP contribution in [0.4, 0.5) is 10.5 Å². The van der Waals surface area contributed by atoms with Crippen molar-refractivity contribution in [1.82, 2.24) is 14.9 Å². The van der Waals surface area contributed by atoms with Gasteiger partial charge in [0.2, 0.25) is 5.91 Å². The van der Waals surface area contributed by atoms with Gasteiger partial charge in [0.15, 0.2) is 0 Å². The number of hydrogen-bond acceptors (Lipinski definition) is 7. The summed E-state index contributed by atoms with van der Waals surface area (Å²) in [4.78, 5) is 65.0. The van der Waals surface area contributed by atoms with E-state index in [-0.39, 0.29) is 31.7 Å². The highest BCUT2D eigenvalue weighted by molar-refractivity contribution is 6.31. The Morgan fingerprint density at radius 3 is 2.61 bits per heavy atom. The highest BCUT2D eigenvalue weighted by Crippen LogP contribution is 2.32. The fraction of sp³-hybridized carbons (Fsp3) is 0.414. The monoisotopic (exact) mass is 584 g/mol. The number of alkyl carbamates (subject to hydrolysis) is 1. The fourth-order valence-electron chi connectivity index (χ4n) is 4.93. The van der Waals surface area contributed by atoms with Gasteiger partial charge in [-0.1, -0.05) is 23.7 Å². The van der Waals surface area contributed by atoms with E-state index in [9.17, 15) is 24.0 Å². The van der Waals surface area contributed by atoms with Crippen molar-refractivity contribution in [2.75, 3.05) is 12.4 Å². The maximum absolute atomic E-state index is 13.2. The van der Waals surface area contributed by atoms with Crippen molar-refractivity contribution >= 4 is 46.3 Å². The van der Waals surface area contributed by atoms with E-state index in [1.165, 1.54) is 11.7 Å². The van der Waals surface area contributed by atoms with E-state index in [0.29, 0.717) is 40.1 Å². The van der Waals surface area contributed by atoms with Gasteiger partial charge in [-0.3, -0.25) is 23.7 Å². The number of methoxy groups -OCH3 is 1. The average Bonchev–Trinajstić information content (AvgIpc) is 2.89. The van der Waals surface area contributed by atoms with Crippen LogP contribution in [0.1, 0.15) is 62.8 Å². The van der Waals surface area contributed by atoms with E-state index in [2.05, 4.69) is 15.6 Å². The summed E-state index contributed by atoms with van der Waals surface area (Å²) in [5.41, 5.74) is 1.62. The minimum atomic E-state index is -0.779. The van der Waals surface area contributed by atoms with Crippen LogP contribution in [0, 0.1) is 0 Å². The number of amides is 2. The molecule has 1 aliphatic heterocycles.